The molecule has 1 atom stereocenters. The molecule has 0 spiro atoms. The fraction of sp³-hybridized carbons (Fsp3) is 0.500. The summed E-state index contributed by atoms with van der Waals surface area (Å²) < 4.78 is 13.5. The van der Waals surface area contributed by atoms with Crippen LogP contribution in [0.1, 0.15) is 57.1 Å². The molecular weight excluding hydrogens is 359 g/mol. The Morgan fingerprint density at radius 3 is 2.31 bits per heavy atom. The first-order valence-electron chi connectivity index (χ1n) is 11.0. The Kier molecular flexibility index (Phi) is 7.45. The number of halogens is 1. The van der Waals surface area contributed by atoms with E-state index in [1.54, 1.807) is 0 Å². The third-order valence-corrected chi connectivity index (χ3v) is 6.64. The van der Waals surface area contributed by atoms with Crippen molar-refractivity contribution in [3.63, 3.8) is 0 Å². The summed E-state index contributed by atoms with van der Waals surface area (Å²) in [6, 6.07) is 20.4. The lowest BCUT2D eigenvalue weighted by molar-refractivity contribution is 0.174. The molecule has 2 nitrogen and oxygen atoms in total. The minimum absolute atomic E-state index is 0.235. The minimum Gasteiger partial charge on any atom is -0.301 e. The summed E-state index contributed by atoms with van der Waals surface area (Å²) in [6.45, 7) is 6.51. The number of rotatable bonds is 10. The van der Waals surface area contributed by atoms with Crippen LogP contribution in [0.25, 0.3) is 0 Å². The molecule has 0 aromatic heterocycles. The molecule has 0 aliphatic heterocycles. The zero-order chi connectivity index (χ0) is 20.7. The Morgan fingerprint density at radius 2 is 1.76 bits per heavy atom. The number of nitrogens with zero attached hydrogens (tertiary/aromatic N) is 2. The summed E-state index contributed by atoms with van der Waals surface area (Å²) in [4.78, 5) is 2.51. The van der Waals surface area contributed by atoms with Crippen LogP contribution in [0.3, 0.4) is 0 Å². The molecule has 0 amide bonds. The maximum Gasteiger partial charge on any atom is 0.123 e. The third kappa shape index (κ3) is 5.25. The highest BCUT2D eigenvalue weighted by molar-refractivity contribution is 5.34. The van der Waals surface area contributed by atoms with Crippen LogP contribution in [-0.2, 0) is 11.8 Å². The highest BCUT2D eigenvalue weighted by Gasteiger charge is 2.43. The lowest BCUT2D eigenvalue weighted by Crippen LogP contribution is -2.40. The Balaban J connectivity index is 1.65. The van der Waals surface area contributed by atoms with Crippen molar-refractivity contribution in [3.8, 4) is 6.07 Å². The van der Waals surface area contributed by atoms with E-state index in [1.807, 2.05) is 12.1 Å². The van der Waals surface area contributed by atoms with Gasteiger partial charge in [0.05, 0.1) is 11.5 Å². The maximum absolute atomic E-state index is 13.5. The van der Waals surface area contributed by atoms with Crippen molar-refractivity contribution < 1.29 is 4.39 Å². The van der Waals surface area contributed by atoms with Crippen LogP contribution in [0.15, 0.2) is 54.6 Å². The van der Waals surface area contributed by atoms with Crippen LogP contribution in [0, 0.1) is 23.1 Å². The zero-order valence-electron chi connectivity index (χ0n) is 17.8. The molecule has 1 unspecified atom stereocenters. The van der Waals surface area contributed by atoms with Crippen LogP contribution in [0.5, 0.6) is 0 Å². The van der Waals surface area contributed by atoms with Crippen molar-refractivity contribution in [1.82, 2.24) is 4.90 Å². The first kappa shape index (κ1) is 21.5. The summed E-state index contributed by atoms with van der Waals surface area (Å²) in [5.74, 6) is 0.163. The molecule has 1 aliphatic rings. The van der Waals surface area contributed by atoms with Crippen LogP contribution >= 0.6 is 0 Å². The minimum atomic E-state index is -0.478. The fourth-order valence-electron chi connectivity index (χ4n) is 4.55. The normalized spacial score (nSPS) is 16.4. The largest absolute Gasteiger partial charge is 0.301 e. The van der Waals surface area contributed by atoms with E-state index in [4.69, 9.17) is 0 Å². The van der Waals surface area contributed by atoms with E-state index < -0.39 is 5.41 Å². The molecule has 3 heteroatoms. The molecule has 0 bridgehead atoms. The van der Waals surface area contributed by atoms with Crippen molar-refractivity contribution in [2.24, 2.45) is 5.92 Å². The Morgan fingerprint density at radius 1 is 1.07 bits per heavy atom. The van der Waals surface area contributed by atoms with Crippen molar-refractivity contribution in [2.45, 2.75) is 63.8 Å². The standard InChI is InChI=1S/C26H33FN2/c1-21(2)29(19-16-22-8-4-3-5-9-22)18-7-17-26(20-28,23-10-6-11-23)24-12-14-25(27)15-13-24/h3-5,8-9,12-15,21,23H,6-7,10-11,16-19H2,1-2H3. The number of benzene rings is 2. The number of hydrogen-bond donors (Lipinski definition) is 0. The van der Waals surface area contributed by atoms with Crippen molar-refractivity contribution >= 4 is 0 Å². The second-order valence-corrected chi connectivity index (χ2v) is 8.69. The van der Waals surface area contributed by atoms with Gasteiger partial charge in [-0.25, -0.2) is 4.39 Å². The first-order chi connectivity index (χ1) is 14.0. The Labute approximate surface area is 175 Å². The van der Waals surface area contributed by atoms with Gasteiger partial charge in [-0.1, -0.05) is 48.9 Å². The topological polar surface area (TPSA) is 27.0 Å². The van der Waals surface area contributed by atoms with E-state index >= 15 is 0 Å². The average molecular weight is 393 g/mol. The molecule has 0 N–H and O–H groups in total. The van der Waals surface area contributed by atoms with E-state index in [2.05, 4.69) is 55.1 Å². The van der Waals surface area contributed by atoms with Crippen LogP contribution < -0.4 is 0 Å². The molecule has 29 heavy (non-hydrogen) atoms. The molecule has 0 radical (unpaired) electrons. The summed E-state index contributed by atoms with van der Waals surface area (Å²) in [6.07, 6.45) is 6.27. The molecule has 1 saturated carbocycles. The van der Waals surface area contributed by atoms with Gasteiger partial charge in [-0.05, 0) is 81.7 Å². The van der Waals surface area contributed by atoms with Crippen LogP contribution in [-0.4, -0.2) is 24.0 Å². The predicted octanol–water partition coefficient (Wildman–Crippen LogP) is 6.12. The van der Waals surface area contributed by atoms with Gasteiger partial charge in [-0.15, -0.1) is 0 Å². The van der Waals surface area contributed by atoms with Gasteiger partial charge in [0, 0.05) is 12.6 Å². The Hall–Kier alpha value is -2.18. The fourth-order valence-corrected chi connectivity index (χ4v) is 4.55. The smallest absolute Gasteiger partial charge is 0.123 e. The second kappa shape index (κ2) is 10.0. The van der Waals surface area contributed by atoms with Gasteiger partial charge in [0.15, 0.2) is 0 Å². The molecule has 2 aromatic rings. The molecule has 1 aliphatic carbocycles. The van der Waals surface area contributed by atoms with Gasteiger partial charge >= 0.3 is 0 Å². The number of hydrogen-bond acceptors (Lipinski definition) is 2. The second-order valence-electron chi connectivity index (χ2n) is 8.69. The van der Waals surface area contributed by atoms with Gasteiger partial charge < -0.3 is 4.90 Å². The summed E-state index contributed by atoms with van der Waals surface area (Å²) in [5, 5.41) is 10.2. The Bertz CT molecular complexity index is 790. The van der Waals surface area contributed by atoms with E-state index in [1.165, 1.54) is 24.1 Å². The third-order valence-electron chi connectivity index (χ3n) is 6.64. The van der Waals surface area contributed by atoms with Crippen LogP contribution in [0.2, 0.25) is 0 Å². The summed E-state index contributed by atoms with van der Waals surface area (Å²) in [7, 11) is 0. The zero-order valence-corrected chi connectivity index (χ0v) is 17.8. The van der Waals surface area contributed by atoms with E-state index in [0.717, 1.165) is 50.8 Å². The van der Waals surface area contributed by atoms with Crippen molar-refractivity contribution in [3.05, 3.63) is 71.5 Å². The van der Waals surface area contributed by atoms with Crippen LogP contribution in [0.4, 0.5) is 4.39 Å². The average Bonchev–Trinajstić information content (AvgIpc) is 2.69. The highest BCUT2D eigenvalue weighted by Crippen LogP contribution is 2.46. The van der Waals surface area contributed by atoms with E-state index in [-0.39, 0.29) is 5.82 Å². The lowest BCUT2D eigenvalue weighted by Gasteiger charge is -2.41. The van der Waals surface area contributed by atoms with Crippen molar-refractivity contribution in [2.75, 3.05) is 13.1 Å². The molecule has 154 valence electrons. The summed E-state index contributed by atoms with van der Waals surface area (Å²) in [5.41, 5.74) is 1.88. The quantitative estimate of drug-likeness (QED) is 0.487. The molecule has 2 aromatic carbocycles. The van der Waals surface area contributed by atoms with Gasteiger partial charge in [-0.3, -0.25) is 0 Å². The SMILES string of the molecule is CC(C)N(CCCC(C#N)(c1ccc(F)cc1)C1CCC1)CCc1ccccc1. The van der Waals surface area contributed by atoms with Gasteiger partial charge in [0.25, 0.3) is 0 Å². The van der Waals surface area contributed by atoms with Gasteiger partial charge in [0.2, 0.25) is 0 Å². The molecular formula is C26H33FN2. The van der Waals surface area contributed by atoms with Crippen molar-refractivity contribution in [1.29, 1.82) is 5.26 Å². The predicted molar refractivity (Wildman–Crippen MR) is 117 cm³/mol. The first-order valence-corrected chi connectivity index (χ1v) is 11.0. The summed E-state index contributed by atoms with van der Waals surface area (Å²) >= 11 is 0. The monoisotopic (exact) mass is 392 g/mol. The lowest BCUT2D eigenvalue weighted by atomic mass is 9.61. The van der Waals surface area contributed by atoms with Gasteiger partial charge in [0.1, 0.15) is 5.82 Å². The van der Waals surface area contributed by atoms with E-state index in [0.29, 0.717) is 12.0 Å². The highest BCUT2D eigenvalue weighted by atomic mass is 19.1. The van der Waals surface area contributed by atoms with E-state index in [9.17, 15) is 9.65 Å². The maximum atomic E-state index is 13.5. The molecule has 3 rings (SSSR count). The molecule has 0 saturated heterocycles. The number of nitriles is 1. The van der Waals surface area contributed by atoms with Gasteiger partial charge in [-0.2, -0.15) is 5.26 Å². The molecule has 0 heterocycles. The molecule has 1 fully saturated rings.